The lowest BCUT2D eigenvalue weighted by molar-refractivity contribution is -0.139. The van der Waals surface area contributed by atoms with Gasteiger partial charge in [0.25, 0.3) is 0 Å². The number of hydrogen-bond donors (Lipinski definition) is 2. The van der Waals surface area contributed by atoms with Gasteiger partial charge in [-0.1, -0.05) is 37.3 Å². The fraction of sp³-hybridized carbons (Fsp3) is 0.269. The van der Waals surface area contributed by atoms with Crippen molar-refractivity contribution in [2.75, 3.05) is 29.9 Å². The molecule has 0 aliphatic heterocycles. The van der Waals surface area contributed by atoms with Crippen molar-refractivity contribution in [2.24, 2.45) is 0 Å². The quantitative estimate of drug-likeness (QED) is 0.240. The maximum absolute atomic E-state index is 13.7. The highest BCUT2D eigenvalue weighted by atomic mass is 19.4. The largest absolute Gasteiger partial charge is 0.419 e. The number of amides is 2. The number of benzene rings is 3. The van der Waals surface area contributed by atoms with Crippen molar-refractivity contribution >= 4 is 17.4 Å². The van der Waals surface area contributed by atoms with Crippen molar-refractivity contribution in [3.8, 4) is 11.1 Å². The summed E-state index contributed by atoms with van der Waals surface area (Å²) in [7, 11) is 0. The molecule has 34 heavy (non-hydrogen) atoms. The van der Waals surface area contributed by atoms with Gasteiger partial charge in [0.2, 0.25) is 0 Å². The molecule has 1 aliphatic carbocycles. The Morgan fingerprint density at radius 3 is 2.50 bits per heavy atom. The second kappa shape index (κ2) is 9.85. The number of anilines is 2. The molecule has 2 amide bonds. The predicted octanol–water partition coefficient (Wildman–Crippen LogP) is 6.45. The lowest BCUT2D eigenvalue weighted by Crippen LogP contribution is -2.40. The summed E-state index contributed by atoms with van der Waals surface area (Å²) in [6.07, 6.45) is -3.18. The van der Waals surface area contributed by atoms with Crippen molar-refractivity contribution in [1.29, 1.82) is 0 Å². The summed E-state index contributed by atoms with van der Waals surface area (Å²) in [4.78, 5) is 14.6. The van der Waals surface area contributed by atoms with Crippen LogP contribution in [0.1, 0.15) is 30.0 Å². The van der Waals surface area contributed by atoms with Crippen molar-refractivity contribution in [3.05, 3.63) is 83.2 Å². The first-order chi connectivity index (χ1) is 16.3. The summed E-state index contributed by atoms with van der Waals surface area (Å²) in [6, 6.07) is 15.7. The lowest BCUT2D eigenvalue weighted by atomic mass is 10.1. The number of carbonyl (C=O) groups excluding carboxylic acids is 1. The summed E-state index contributed by atoms with van der Waals surface area (Å²) in [5.74, 6) is -1.38. The van der Waals surface area contributed by atoms with Gasteiger partial charge in [-0.15, -0.1) is 0 Å². The van der Waals surface area contributed by atoms with Crippen LogP contribution < -0.4 is 15.5 Å². The molecule has 1 aliphatic rings. The summed E-state index contributed by atoms with van der Waals surface area (Å²) >= 11 is 0. The van der Waals surface area contributed by atoms with Gasteiger partial charge in [0.15, 0.2) is 0 Å². The number of urea groups is 1. The SMILES string of the molecule is CCCNCCN(C(=O)Nc1ccc(F)c(C(F)(F)F)c1)c1ccc2c(c1)Cc1ccccc1-2. The molecule has 0 heterocycles. The van der Waals surface area contributed by atoms with E-state index in [4.69, 9.17) is 0 Å². The predicted molar refractivity (Wildman–Crippen MR) is 126 cm³/mol. The van der Waals surface area contributed by atoms with Crippen LogP contribution in [-0.2, 0) is 12.6 Å². The molecule has 0 fully saturated rings. The van der Waals surface area contributed by atoms with E-state index in [9.17, 15) is 22.4 Å². The third kappa shape index (κ3) is 5.07. The van der Waals surface area contributed by atoms with Gasteiger partial charge in [-0.2, -0.15) is 13.2 Å². The minimum absolute atomic E-state index is 0.126. The fourth-order valence-corrected chi connectivity index (χ4v) is 4.15. The number of nitrogens with zero attached hydrogens (tertiary/aromatic N) is 1. The Kier molecular flexibility index (Phi) is 6.88. The third-order valence-corrected chi connectivity index (χ3v) is 5.80. The van der Waals surface area contributed by atoms with Crippen LogP contribution in [0.4, 0.5) is 33.7 Å². The molecule has 2 N–H and O–H groups in total. The van der Waals surface area contributed by atoms with Crippen LogP contribution in [0.25, 0.3) is 11.1 Å². The number of halogens is 4. The zero-order valence-electron chi connectivity index (χ0n) is 18.7. The fourth-order valence-electron chi connectivity index (χ4n) is 4.15. The van der Waals surface area contributed by atoms with E-state index in [2.05, 4.69) is 22.8 Å². The van der Waals surface area contributed by atoms with Crippen molar-refractivity contribution in [3.63, 3.8) is 0 Å². The van der Waals surface area contributed by atoms with Gasteiger partial charge in [-0.3, -0.25) is 4.90 Å². The molecule has 0 spiro atoms. The molecule has 0 radical (unpaired) electrons. The molecule has 0 bridgehead atoms. The molecular formula is C26H25F4N3O. The Morgan fingerprint density at radius 2 is 1.74 bits per heavy atom. The van der Waals surface area contributed by atoms with Gasteiger partial charge in [0, 0.05) is 24.5 Å². The van der Waals surface area contributed by atoms with Gasteiger partial charge >= 0.3 is 12.2 Å². The second-order valence-electron chi connectivity index (χ2n) is 8.20. The third-order valence-electron chi connectivity index (χ3n) is 5.80. The minimum Gasteiger partial charge on any atom is -0.315 e. The monoisotopic (exact) mass is 471 g/mol. The molecule has 0 saturated carbocycles. The Hall–Kier alpha value is -3.39. The summed E-state index contributed by atoms with van der Waals surface area (Å²) in [5.41, 5.74) is 3.66. The van der Waals surface area contributed by atoms with Crippen LogP contribution in [0.3, 0.4) is 0 Å². The molecule has 0 atom stereocenters. The Bertz CT molecular complexity index is 1190. The van der Waals surface area contributed by atoms with Crippen LogP contribution in [0.15, 0.2) is 60.7 Å². The smallest absolute Gasteiger partial charge is 0.315 e. The van der Waals surface area contributed by atoms with Crippen molar-refractivity contribution in [2.45, 2.75) is 25.9 Å². The van der Waals surface area contributed by atoms with E-state index < -0.39 is 23.6 Å². The van der Waals surface area contributed by atoms with Gasteiger partial charge in [0.1, 0.15) is 5.82 Å². The summed E-state index contributed by atoms with van der Waals surface area (Å²) in [6.45, 7) is 3.63. The number of carbonyl (C=O) groups is 1. The van der Waals surface area contributed by atoms with Crippen LogP contribution in [-0.4, -0.2) is 25.7 Å². The molecule has 3 aromatic carbocycles. The van der Waals surface area contributed by atoms with E-state index in [1.165, 1.54) is 10.5 Å². The van der Waals surface area contributed by atoms with E-state index in [0.29, 0.717) is 30.9 Å². The van der Waals surface area contributed by atoms with Gasteiger partial charge < -0.3 is 10.6 Å². The van der Waals surface area contributed by atoms with E-state index >= 15 is 0 Å². The molecule has 0 saturated heterocycles. The van der Waals surface area contributed by atoms with Crippen LogP contribution >= 0.6 is 0 Å². The maximum atomic E-state index is 13.7. The highest BCUT2D eigenvalue weighted by Gasteiger charge is 2.34. The van der Waals surface area contributed by atoms with Crippen LogP contribution in [0.2, 0.25) is 0 Å². The van der Waals surface area contributed by atoms with Crippen LogP contribution in [0, 0.1) is 5.82 Å². The molecule has 4 rings (SSSR count). The number of nitrogens with one attached hydrogen (secondary N) is 2. The number of hydrogen-bond acceptors (Lipinski definition) is 2. The molecule has 4 nitrogen and oxygen atoms in total. The second-order valence-corrected chi connectivity index (χ2v) is 8.20. The van der Waals surface area contributed by atoms with E-state index in [-0.39, 0.29) is 5.69 Å². The molecular weight excluding hydrogens is 446 g/mol. The molecule has 0 aromatic heterocycles. The van der Waals surface area contributed by atoms with E-state index in [1.54, 1.807) is 0 Å². The molecule has 0 unspecified atom stereocenters. The average molecular weight is 471 g/mol. The first kappa shape index (κ1) is 23.8. The average Bonchev–Trinajstić information content (AvgIpc) is 3.17. The lowest BCUT2D eigenvalue weighted by Gasteiger charge is -2.24. The van der Waals surface area contributed by atoms with E-state index in [1.807, 2.05) is 37.3 Å². The Balaban J connectivity index is 1.59. The highest BCUT2D eigenvalue weighted by molar-refractivity contribution is 6.02. The molecule has 3 aromatic rings. The maximum Gasteiger partial charge on any atom is 0.419 e. The Labute approximate surface area is 195 Å². The zero-order chi connectivity index (χ0) is 24.3. The Morgan fingerprint density at radius 1 is 0.971 bits per heavy atom. The molecule has 8 heteroatoms. The normalized spacial score (nSPS) is 12.3. The standard InChI is InChI=1S/C26H25F4N3O/c1-2-11-31-12-13-33(25(34)32-19-7-10-24(27)23(16-19)26(28,29)30)20-8-9-22-18(15-20)14-17-5-3-4-6-21(17)22/h3-10,15-16,31H,2,11-14H2,1H3,(H,32,34). The summed E-state index contributed by atoms with van der Waals surface area (Å²) in [5, 5.41) is 5.74. The van der Waals surface area contributed by atoms with Gasteiger partial charge in [0.05, 0.1) is 5.56 Å². The van der Waals surface area contributed by atoms with Gasteiger partial charge in [-0.05, 0) is 72.0 Å². The highest BCUT2D eigenvalue weighted by Crippen LogP contribution is 2.38. The van der Waals surface area contributed by atoms with E-state index in [0.717, 1.165) is 42.1 Å². The molecule has 178 valence electrons. The van der Waals surface area contributed by atoms with Crippen molar-refractivity contribution < 1.29 is 22.4 Å². The first-order valence-corrected chi connectivity index (χ1v) is 11.1. The van der Waals surface area contributed by atoms with Crippen molar-refractivity contribution in [1.82, 2.24) is 5.32 Å². The topological polar surface area (TPSA) is 44.4 Å². The van der Waals surface area contributed by atoms with Crippen LogP contribution in [0.5, 0.6) is 0 Å². The number of alkyl halides is 3. The van der Waals surface area contributed by atoms with Gasteiger partial charge in [-0.25, -0.2) is 9.18 Å². The first-order valence-electron chi connectivity index (χ1n) is 11.1. The minimum atomic E-state index is -4.86. The number of fused-ring (bicyclic) bond motifs is 3. The summed E-state index contributed by atoms with van der Waals surface area (Å²) < 4.78 is 52.9. The number of rotatable bonds is 7. The zero-order valence-corrected chi connectivity index (χ0v) is 18.7.